The van der Waals surface area contributed by atoms with E-state index in [1.807, 2.05) is 30.3 Å². The molecule has 21 heavy (non-hydrogen) atoms. The topological polar surface area (TPSA) is 73.9 Å². The zero-order valence-corrected chi connectivity index (χ0v) is 12.3. The first-order valence-corrected chi connectivity index (χ1v) is 6.71. The molecule has 3 rings (SSSR count). The summed E-state index contributed by atoms with van der Waals surface area (Å²) in [4.78, 5) is 12.8. The second-order valence-electron chi connectivity index (χ2n) is 4.57. The van der Waals surface area contributed by atoms with Gasteiger partial charge in [-0.25, -0.2) is 15.0 Å². The largest absolute Gasteiger partial charge is 0.480 e. The number of aryl methyl sites for hydroxylation is 1. The van der Waals surface area contributed by atoms with E-state index in [2.05, 4.69) is 15.0 Å². The number of nitrogens with zero attached hydrogens (tertiary/aromatic N) is 3. The fourth-order valence-electron chi connectivity index (χ4n) is 2.18. The van der Waals surface area contributed by atoms with Crippen molar-refractivity contribution in [3.05, 3.63) is 41.0 Å². The van der Waals surface area contributed by atoms with Crippen molar-refractivity contribution in [1.82, 2.24) is 15.0 Å². The molecule has 2 heterocycles. The number of aromatic nitrogens is 3. The third-order valence-electron chi connectivity index (χ3n) is 3.17. The van der Waals surface area contributed by atoms with Crippen molar-refractivity contribution in [2.24, 2.45) is 0 Å². The Kier molecular flexibility index (Phi) is 3.35. The highest BCUT2D eigenvalue weighted by atomic mass is 35.5. The average Bonchev–Trinajstić information content (AvgIpc) is 2.49. The average molecular weight is 301 g/mol. The first kappa shape index (κ1) is 13.6. The van der Waals surface area contributed by atoms with E-state index in [1.165, 1.54) is 0 Å². The van der Waals surface area contributed by atoms with Crippen LogP contribution in [0.1, 0.15) is 5.69 Å². The van der Waals surface area contributed by atoms with Crippen LogP contribution in [0.4, 0.5) is 5.95 Å². The lowest BCUT2D eigenvalue weighted by Gasteiger charge is -2.11. The van der Waals surface area contributed by atoms with Gasteiger partial charge in [-0.05, 0) is 19.1 Å². The van der Waals surface area contributed by atoms with Gasteiger partial charge in [-0.15, -0.1) is 0 Å². The number of ether oxygens (including phenoxy) is 1. The van der Waals surface area contributed by atoms with E-state index in [4.69, 9.17) is 22.1 Å². The van der Waals surface area contributed by atoms with Gasteiger partial charge in [0.05, 0.1) is 28.9 Å². The predicted octanol–water partition coefficient (Wildman–Crippen LogP) is 3.24. The lowest BCUT2D eigenvalue weighted by atomic mass is 10.1. The minimum absolute atomic E-state index is 0.169. The first-order valence-electron chi connectivity index (χ1n) is 6.34. The van der Waals surface area contributed by atoms with Gasteiger partial charge >= 0.3 is 0 Å². The molecule has 106 valence electrons. The third kappa shape index (κ3) is 2.36. The summed E-state index contributed by atoms with van der Waals surface area (Å²) in [6.07, 6.45) is 0. The van der Waals surface area contributed by atoms with Gasteiger partial charge in [-0.2, -0.15) is 0 Å². The van der Waals surface area contributed by atoms with Crippen molar-refractivity contribution >= 4 is 28.5 Å². The highest BCUT2D eigenvalue weighted by molar-refractivity contribution is 6.33. The van der Waals surface area contributed by atoms with Crippen molar-refractivity contribution in [2.75, 3.05) is 12.8 Å². The number of halogens is 1. The Morgan fingerprint density at radius 2 is 1.90 bits per heavy atom. The van der Waals surface area contributed by atoms with Gasteiger partial charge in [0.25, 0.3) is 0 Å². The fourth-order valence-corrected chi connectivity index (χ4v) is 2.37. The van der Waals surface area contributed by atoms with Crippen molar-refractivity contribution in [2.45, 2.75) is 6.92 Å². The zero-order valence-electron chi connectivity index (χ0n) is 11.6. The van der Waals surface area contributed by atoms with Crippen LogP contribution in [0.2, 0.25) is 5.02 Å². The van der Waals surface area contributed by atoms with Gasteiger partial charge in [0.2, 0.25) is 11.8 Å². The van der Waals surface area contributed by atoms with Gasteiger partial charge in [-0.1, -0.05) is 29.8 Å². The van der Waals surface area contributed by atoms with Crippen LogP contribution in [0.5, 0.6) is 5.88 Å². The maximum atomic E-state index is 6.32. The number of anilines is 1. The molecular weight excluding hydrogens is 288 g/mol. The van der Waals surface area contributed by atoms with Crippen LogP contribution in [0.25, 0.3) is 22.2 Å². The van der Waals surface area contributed by atoms with Crippen molar-refractivity contribution in [3.63, 3.8) is 0 Å². The molecule has 0 amide bonds. The Hall–Kier alpha value is -2.40. The molecule has 0 bridgehead atoms. The molecule has 0 aliphatic rings. The van der Waals surface area contributed by atoms with Gasteiger partial charge in [0, 0.05) is 5.39 Å². The van der Waals surface area contributed by atoms with Crippen LogP contribution in [0, 0.1) is 6.92 Å². The van der Waals surface area contributed by atoms with E-state index < -0.39 is 0 Å². The molecule has 5 nitrogen and oxygen atoms in total. The second-order valence-corrected chi connectivity index (χ2v) is 4.95. The third-order valence-corrected chi connectivity index (χ3v) is 3.62. The van der Waals surface area contributed by atoms with E-state index in [-0.39, 0.29) is 5.95 Å². The molecule has 0 atom stereocenters. The maximum absolute atomic E-state index is 6.32. The lowest BCUT2D eigenvalue weighted by Crippen LogP contribution is -2.02. The van der Waals surface area contributed by atoms with E-state index >= 15 is 0 Å². The molecule has 0 aliphatic carbocycles. The van der Waals surface area contributed by atoms with Crippen LogP contribution in [-0.4, -0.2) is 22.1 Å². The smallest absolute Gasteiger partial charge is 0.223 e. The van der Waals surface area contributed by atoms with Crippen molar-refractivity contribution < 1.29 is 4.74 Å². The molecule has 0 fully saturated rings. The molecule has 3 aromatic rings. The molecule has 6 heteroatoms. The number of nitrogen functional groups attached to an aromatic ring is 1. The Bertz CT molecular complexity index is 835. The predicted molar refractivity (Wildman–Crippen MR) is 83.5 cm³/mol. The van der Waals surface area contributed by atoms with Crippen LogP contribution in [0.3, 0.4) is 0 Å². The van der Waals surface area contributed by atoms with Crippen LogP contribution < -0.4 is 10.5 Å². The highest BCUT2D eigenvalue weighted by Gasteiger charge is 2.17. The van der Waals surface area contributed by atoms with Gasteiger partial charge in [0.1, 0.15) is 5.69 Å². The summed E-state index contributed by atoms with van der Waals surface area (Å²) in [5.74, 6) is 0.621. The van der Waals surface area contributed by atoms with Crippen LogP contribution in [0.15, 0.2) is 30.3 Å². The van der Waals surface area contributed by atoms with Gasteiger partial charge < -0.3 is 10.5 Å². The lowest BCUT2D eigenvalue weighted by molar-refractivity contribution is 0.401. The van der Waals surface area contributed by atoms with Crippen LogP contribution in [-0.2, 0) is 0 Å². The van der Waals surface area contributed by atoms with E-state index in [0.29, 0.717) is 27.9 Å². The maximum Gasteiger partial charge on any atom is 0.223 e. The van der Waals surface area contributed by atoms with E-state index in [1.54, 1.807) is 14.0 Å². The Balaban J connectivity index is 2.33. The summed E-state index contributed by atoms with van der Waals surface area (Å²) in [6, 6.07) is 9.70. The van der Waals surface area contributed by atoms with E-state index in [0.717, 1.165) is 10.9 Å². The van der Waals surface area contributed by atoms with Crippen molar-refractivity contribution in [3.8, 4) is 17.1 Å². The standard InChI is InChI=1S/C15H13ClN4O/c1-8-12(16)13(20-15(17)18-8)10-7-9-5-3-4-6-11(9)19-14(10)21-2/h3-7H,1-2H3,(H2,17,18,20). The number of para-hydroxylation sites is 1. The Labute approximate surface area is 126 Å². The number of nitrogens with two attached hydrogens (primary N) is 1. The van der Waals surface area contributed by atoms with Crippen LogP contribution >= 0.6 is 11.6 Å². The molecule has 0 saturated heterocycles. The summed E-state index contributed by atoms with van der Waals surface area (Å²) < 4.78 is 5.37. The summed E-state index contributed by atoms with van der Waals surface area (Å²) in [7, 11) is 1.56. The SMILES string of the molecule is COc1nc2ccccc2cc1-c1nc(N)nc(C)c1Cl. The van der Waals surface area contributed by atoms with E-state index in [9.17, 15) is 0 Å². The fraction of sp³-hybridized carbons (Fsp3) is 0.133. The summed E-state index contributed by atoms with van der Waals surface area (Å²) in [6.45, 7) is 1.78. The van der Waals surface area contributed by atoms with Crippen molar-refractivity contribution in [1.29, 1.82) is 0 Å². The number of rotatable bonds is 2. The zero-order chi connectivity index (χ0) is 15.0. The molecule has 0 aliphatic heterocycles. The Morgan fingerprint density at radius 1 is 1.14 bits per heavy atom. The number of pyridine rings is 1. The first-order chi connectivity index (χ1) is 10.1. The summed E-state index contributed by atoms with van der Waals surface area (Å²) in [5.41, 5.74) is 8.41. The number of fused-ring (bicyclic) bond motifs is 1. The minimum Gasteiger partial charge on any atom is -0.480 e. The number of hydrogen-bond donors (Lipinski definition) is 1. The monoisotopic (exact) mass is 300 g/mol. The second kappa shape index (κ2) is 5.18. The molecule has 0 unspecified atom stereocenters. The highest BCUT2D eigenvalue weighted by Crippen LogP contribution is 2.35. The Morgan fingerprint density at radius 3 is 2.67 bits per heavy atom. The minimum atomic E-state index is 0.169. The quantitative estimate of drug-likeness (QED) is 0.786. The molecule has 2 aromatic heterocycles. The number of benzene rings is 1. The number of hydrogen-bond acceptors (Lipinski definition) is 5. The molecule has 2 N–H and O–H groups in total. The molecule has 1 aromatic carbocycles. The summed E-state index contributed by atoms with van der Waals surface area (Å²) >= 11 is 6.32. The molecule has 0 saturated carbocycles. The molecular formula is C15H13ClN4O. The molecule has 0 radical (unpaired) electrons. The van der Waals surface area contributed by atoms with Gasteiger partial charge in [-0.3, -0.25) is 0 Å². The summed E-state index contributed by atoms with van der Waals surface area (Å²) in [5, 5.41) is 1.42. The normalized spacial score (nSPS) is 10.8. The number of methoxy groups -OCH3 is 1. The molecule has 0 spiro atoms. The van der Waals surface area contributed by atoms with Gasteiger partial charge in [0.15, 0.2) is 0 Å².